The minimum Gasteiger partial charge on any atom is -0.378 e. The van der Waals surface area contributed by atoms with Crippen molar-refractivity contribution in [1.29, 1.82) is 0 Å². The fourth-order valence-electron chi connectivity index (χ4n) is 2.34. The molecular weight excluding hydrogens is 162 g/mol. The first-order valence-corrected chi connectivity index (χ1v) is 5.23. The van der Waals surface area contributed by atoms with Gasteiger partial charge in [0.15, 0.2) is 0 Å². The van der Waals surface area contributed by atoms with Gasteiger partial charge in [-0.15, -0.1) is 0 Å². The van der Waals surface area contributed by atoms with Crippen LogP contribution in [0.4, 0.5) is 0 Å². The molecule has 2 rings (SSSR count). The van der Waals surface area contributed by atoms with E-state index < -0.39 is 0 Å². The summed E-state index contributed by atoms with van der Waals surface area (Å²) in [6, 6.07) is 0. The molecule has 1 heterocycles. The van der Waals surface area contributed by atoms with E-state index in [0.29, 0.717) is 5.41 Å². The fraction of sp³-hybridized carbons (Fsp3) is 0.818. The van der Waals surface area contributed by atoms with Gasteiger partial charge < -0.3 is 9.64 Å². The van der Waals surface area contributed by atoms with Crippen molar-refractivity contribution in [2.24, 2.45) is 5.41 Å². The maximum atomic E-state index is 5.36. The van der Waals surface area contributed by atoms with E-state index in [9.17, 15) is 0 Å². The van der Waals surface area contributed by atoms with Crippen molar-refractivity contribution < 1.29 is 4.74 Å². The largest absolute Gasteiger partial charge is 0.378 e. The molecule has 0 N–H and O–H groups in total. The van der Waals surface area contributed by atoms with Crippen LogP contribution in [-0.4, -0.2) is 31.2 Å². The van der Waals surface area contributed by atoms with Crippen molar-refractivity contribution in [3.63, 3.8) is 0 Å². The number of hydrogen-bond acceptors (Lipinski definition) is 2. The van der Waals surface area contributed by atoms with Gasteiger partial charge in [-0.1, -0.05) is 19.9 Å². The smallest absolute Gasteiger partial charge is 0.0642 e. The van der Waals surface area contributed by atoms with Crippen LogP contribution >= 0.6 is 0 Å². The summed E-state index contributed by atoms with van der Waals surface area (Å²) in [7, 11) is 0. The highest BCUT2D eigenvalue weighted by molar-refractivity contribution is 5.17. The molecule has 0 bridgehead atoms. The van der Waals surface area contributed by atoms with Gasteiger partial charge in [-0.25, -0.2) is 0 Å². The summed E-state index contributed by atoms with van der Waals surface area (Å²) in [5.74, 6) is 0. The van der Waals surface area contributed by atoms with E-state index in [-0.39, 0.29) is 0 Å². The van der Waals surface area contributed by atoms with E-state index in [1.165, 1.54) is 12.8 Å². The Morgan fingerprint density at radius 2 is 2.00 bits per heavy atom. The Hall–Kier alpha value is -0.500. The zero-order valence-electron chi connectivity index (χ0n) is 8.68. The lowest BCUT2D eigenvalue weighted by atomic mass is 9.89. The van der Waals surface area contributed by atoms with Gasteiger partial charge in [0, 0.05) is 24.2 Å². The van der Waals surface area contributed by atoms with Crippen molar-refractivity contribution in [3.8, 4) is 0 Å². The molecule has 0 spiro atoms. The minimum atomic E-state index is 0.400. The summed E-state index contributed by atoms with van der Waals surface area (Å²) in [5.41, 5.74) is 1.95. The number of ether oxygens (including phenoxy) is 1. The molecule has 1 saturated heterocycles. The first kappa shape index (κ1) is 9.07. The molecule has 2 aliphatic rings. The summed E-state index contributed by atoms with van der Waals surface area (Å²) >= 11 is 0. The highest BCUT2D eigenvalue weighted by atomic mass is 16.5. The Bertz CT molecular complexity index is 214. The van der Waals surface area contributed by atoms with Crippen molar-refractivity contribution in [2.75, 3.05) is 26.3 Å². The van der Waals surface area contributed by atoms with E-state index in [0.717, 1.165) is 26.3 Å². The Kier molecular flexibility index (Phi) is 2.33. The predicted octanol–water partition coefficient (Wildman–Crippen LogP) is 2.02. The lowest BCUT2D eigenvalue weighted by molar-refractivity contribution is 0.0448. The molecule has 1 fully saturated rings. The molecule has 74 valence electrons. The van der Waals surface area contributed by atoms with E-state index >= 15 is 0 Å². The number of morpholine rings is 1. The number of hydrogen-bond donors (Lipinski definition) is 0. The molecular formula is C11H19NO. The van der Waals surface area contributed by atoms with Gasteiger partial charge in [-0.05, 0) is 12.8 Å². The SMILES string of the molecule is CC1(C)CCC=C1N1CCOCC1. The van der Waals surface area contributed by atoms with Crippen molar-refractivity contribution in [1.82, 2.24) is 4.90 Å². The number of nitrogens with zero attached hydrogens (tertiary/aromatic N) is 1. The molecule has 0 amide bonds. The van der Waals surface area contributed by atoms with Crippen LogP contribution in [-0.2, 0) is 4.74 Å². The molecule has 0 aromatic heterocycles. The third-order valence-electron chi connectivity index (χ3n) is 3.15. The van der Waals surface area contributed by atoms with Gasteiger partial charge in [0.2, 0.25) is 0 Å². The molecule has 2 nitrogen and oxygen atoms in total. The second kappa shape index (κ2) is 3.33. The first-order valence-electron chi connectivity index (χ1n) is 5.23. The molecule has 0 aromatic carbocycles. The average molecular weight is 181 g/mol. The Balaban J connectivity index is 2.06. The Morgan fingerprint density at radius 3 is 2.54 bits per heavy atom. The van der Waals surface area contributed by atoms with Gasteiger partial charge in [-0.3, -0.25) is 0 Å². The monoisotopic (exact) mass is 181 g/mol. The van der Waals surface area contributed by atoms with Gasteiger partial charge in [0.1, 0.15) is 0 Å². The number of rotatable bonds is 1. The van der Waals surface area contributed by atoms with Gasteiger partial charge in [0.25, 0.3) is 0 Å². The summed E-state index contributed by atoms with van der Waals surface area (Å²) in [4.78, 5) is 2.50. The second-order valence-corrected chi connectivity index (χ2v) is 4.61. The molecule has 0 saturated carbocycles. The molecule has 13 heavy (non-hydrogen) atoms. The van der Waals surface area contributed by atoms with Crippen LogP contribution in [0, 0.1) is 5.41 Å². The molecule has 0 aromatic rings. The summed E-state index contributed by atoms with van der Waals surface area (Å²) in [5, 5.41) is 0. The Labute approximate surface area is 80.6 Å². The van der Waals surface area contributed by atoms with Crippen molar-refractivity contribution in [3.05, 3.63) is 11.8 Å². The van der Waals surface area contributed by atoms with Crippen LogP contribution in [0.1, 0.15) is 26.7 Å². The van der Waals surface area contributed by atoms with Crippen LogP contribution in [0.3, 0.4) is 0 Å². The maximum absolute atomic E-state index is 5.36. The third kappa shape index (κ3) is 1.73. The van der Waals surface area contributed by atoms with Gasteiger partial charge >= 0.3 is 0 Å². The van der Waals surface area contributed by atoms with Gasteiger partial charge in [0.05, 0.1) is 13.2 Å². The third-order valence-corrected chi connectivity index (χ3v) is 3.15. The lowest BCUT2D eigenvalue weighted by Gasteiger charge is -2.36. The quantitative estimate of drug-likeness (QED) is 0.613. The van der Waals surface area contributed by atoms with E-state index in [1.807, 2.05) is 0 Å². The lowest BCUT2D eigenvalue weighted by Crippen LogP contribution is -2.38. The summed E-state index contributed by atoms with van der Waals surface area (Å²) in [6.45, 7) is 8.65. The maximum Gasteiger partial charge on any atom is 0.0642 e. The standard InChI is InChI=1S/C11H19NO/c1-11(2)5-3-4-10(11)12-6-8-13-9-7-12/h4H,3,5-9H2,1-2H3. The highest BCUT2D eigenvalue weighted by Crippen LogP contribution is 2.39. The highest BCUT2D eigenvalue weighted by Gasteiger charge is 2.31. The van der Waals surface area contributed by atoms with Crippen LogP contribution in [0.5, 0.6) is 0 Å². The summed E-state index contributed by atoms with van der Waals surface area (Å²) in [6.07, 6.45) is 4.96. The Morgan fingerprint density at radius 1 is 1.31 bits per heavy atom. The zero-order chi connectivity index (χ0) is 9.31. The zero-order valence-corrected chi connectivity index (χ0v) is 8.68. The molecule has 1 aliphatic heterocycles. The van der Waals surface area contributed by atoms with Crippen molar-refractivity contribution in [2.45, 2.75) is 26.7 Å². The molecule has 1 aliphatic carbocycles. The molecule has 2 heteroatoms. The molecule has 0 atom stereocenters. The first-order chi connectivity index (χ1) is 6.20. The van der Waals surface area contributed by atoms with Crippen LogP contribution in [0.2, 0.25) is 0 Å². The van der Waals surface area contributed by atoms with E-state index in [4.69, 9.17) is 4.74 Å². The minimum absolute atomic E-state index is 0.400. The van der Waals surface area contributed by atoms with E-state index in [1.54, 1.807) is 5.70 Å². The van der Waals surface area contributed by atoms with Crippen LogP contribution < -0.4 is 0 Å². The number of allylic oxidation sites excluding steroid dienone is 2. The van der Waals surface area contributed by atoms with Crippen molar-refractivity contribution >= 4 is 0 Å². The normalized spacial score (nSPS) is 27.5. The average Bonchev–Trinajstić information content (AvgIpc) is 2.47. The topological polar surface area (TPSA) is 12.5 Å². The van der Waals surface area contributed by atoms with Crippen LogP contribution in [0.25, 0.3) is 0 Å². The summed E-state index contributed by atoms with van der Waals surface area (Å²) < 4.78 is 5.36. The second-order valence-electron chi connectivity index (χ2n) is 4.61. The predicted molar refractivity (Wildman–Crippen MR) is 53.5 cm³/mol. The fourth-order valence-corrected chi connectivity index (χ4v) is 2.34. The molecule has 0 radical (unpaired) electrons. The van der Waals surface area contributed by atoms with Gasteiger partial charge in [-0.2, -0.15) is 0 Å². The van der Waals surface area contributed by atoms with Crippen LogP contribution in [0.15, 0.2) is 11.8 Å². The van der Waals surface area contributed by atoms with E-state index in [2.05, 4.69) is 24.8 Å². The molecule has 0 unspecified atom stereocenters.